The smallest absolute Gasteiger partial charge is 0.268 e. The molecule has 1 aliphatic heterocycles. The number of nitrogens with zero attached hydrogens (tertiary/aromatic N) is 1. The lowest BCUT2D eigenvalue weighted by molar-refractivity contribution is -0.129. The molecule has 1 aromatic carbocycles. The van der Waals surface area contributed by atoms with Crippen LogP contribution in [0.1, 0.15) is 25.3 Å². The van der Waals surface area contributed by atoms with Crippen molar-refractivity contribution in [2.45, 2.75) is 32.8 Å². The number of amides is 2. The maximum Gasteiger partial charge on any atom is 0.268 e. The van der Waals surface area contributed by atoms with Gasteiger partial charge in [0.1, 0.15) is 12.3 Å². The fourth-order valence-corrected chi connectivity index (χ4v) is 2.50. The zero-order chi connectivity index (χ0) is 16.8. The summed E-state index contributed by atoms with van der Waals surface area (Å²) in [5, 5.41) is 2.81. The molecule has 1 heterocycles. The van der Waals surface area contributed by atoms with Gasteiger partial charge in [-0.15, -0.1) is 0 Å². The Balaban J connectivity index is 2.11. The van der Waals surface area contributed by atoms with Gasteiger partial charge in [-0.3, -0.25) is 14.5 Å². The molecule has 0 spiro atoms. The van der Waals surface area contributed by atoms with Gasteiger partial charge in [0, 0.05) is 20.3 Å². The molecule has 0 aromatic heterocycles. The van der Waals surface area contributed by atoms with Gasteiger partial charge in [0.05, 0.1) is 5.69 Å². The van der Waals surface area contributed by atoms with Gasteiger partial charge in [0.25, 0.3) is 5.91 Å². The number of benzene rings is 1. The van der Waals surface area contributed by atoms with Gasteiger partial charge in [0.15, 0.2) is 6.10 Å². The van der Waals surface area contributed by atoms with Crippen LogP contribution in [-0.4, -0.2) is 44.7 Å². The Morgan fingerprint density at radius 1 is 1.43 bits per heavy atom. The van der Waals surface area contributed by atoms with E-state index < -0.39 is 6.10 Å². The molecule has 126 valence electrons. The molecule has 2 rings (SSSR count). The number of carbonyl (C=O) groups excluding carboxylic acids is 2. The number of hydrogen-bond acceptors (Lipinski definition) is 4. The third kappa shape index (κ3) is 4.22. The Labute approximate surface area is 136 Å². The van der Waals surface area contributed by atoms with Gasteiger partial charge >= 0.3 is 0 Å². The summed E-state index contributed by atoms with van der Waals surface area (Å²) in [5.41, 5.74) is 1.67. The highest BCUT2D eigenvalue weighted by atomic mass is 16.5. The van der Waals surface area contributed by atoms with Crippen LogP contribution in [0, 0.1) is 6.92 Å². The van der Waals surface area contributed by atoms with Crippen molar-refractivity contribution in [1.82, 2.24) is 5.32 Å². The summed E-state index contributed by atoms with van der Waals surface area (Å²) < 4.78 is 10.7. The number of aryl methyl sites for hydroxylation is 1. The van der Waals surface area contributed by atoms with E-state index in [0.717, 1.165) is 12.0 Å². The third-order valence-corrected chi connectivity index (χ3v) is 3.74. The van der Waals surface area contributed by atoms with Crippen molar-refractivity contribution in [2.24, 2.45) is 0 Å². The molecule has 6 nitrogen and oxygen atoms in total. The number of ether oxygens (including phenoxy) is 2. The topological polar surface area (TPSA) is 67.9 Å². The Morgan fingerprint density at radius 3 is 2.91 bits per heavy atom. The van der Waals surface area contributed by atoms with Gasteiger partial charge in [-0.25, -0.2) is 0 Å². The van der Waals surface area contributed by atoms with Crippen molar-refractivity contribution in [3.8, 4) is 5.75 Å². The van der Waals surface area contributed by atoms with Gasteiger partial charge in [-0.05, 0) is 37.5 Å². The molecule has 0 aliphatic carbocycles. The molecule has 0 bridgehead atoms. The number of carbonyl (C=O) groups is 2. The molecule has 0 saturated carbocycles. The van der Waals surface area contributed by atoms with Crippen LogP contribution in [0.4, 0.5) is 5.69 Å². The van der Waals surface area contributed by atoms with E-state index in [4.69, 9.17) is 9.47 Å². The average Bonchev–Trinajstić information content (AvgIpc) is 2.54. The quantitative estimate of drug-likeness (QED) is 0.776. The molecule has 0 radical (unpaired) electrons. The monoisotopic (exact) mass is 320 g/mol. The van der Waals surface area contributed by atoms with E-state index in [1.54, 1.807) is 7.11 Å². The highest BCUT2D eigenvalue weighted by molar-refractivity contribution is 6.03. The lowest BCUT2D eigenvalue weighted by atomic mass is 10.1. The van der Waals surface area contributed by atoms with Gasteiger partial charge < -0.3 is 14.8 Å². The SMILES string of the molecule is CC[C@H]1Oc2ccc(C)cc2N(CC(=O)NCCCOC)C1=O. The first kappa shape index (κ1) is 17.3. The standard InChI is InChI=1S/C17H24N2O4/c1-4-14-17(21)19(11-16(20)18-8-5-9-22-3)13-10-12(2)6-7-15(13)23-14/h6-7,10,14H,4-5,8-9,11H2,1-3H3,(H,18,20)/t14-/m1/s1. The zero-order valence-corrected chi connectivity index (χ0v) is 13.9. The fraction of sp³-hybridized carbons (Fsp3) is 0.529. The van der Waals surface area contributed by atoms with Crippen molar-refractivity contribution < 1.29 is 19.1 Å². The zero-order valence-electron chi connectivity index (χ0n) is 13.9. The fourth-order valence-electron chi connectivity index (χ4n) is 2.50. The summed E-state index contributed by atoms with van der Waals surface area (Å²) in [4.78, 5) is 26.2. The van der Waals surface area contributed by atoms with Crippen LogP contribution in [-0.2, 0) is 14.3 Å². The second-order valence-electron chi connectivity index (χ2n) is 5.61. The van der Waals surface area contributed by atoms with E-state index in [2.05, 4.69) is 5.32 Å². The molecule has 2 amide bonds. The normalized spacial score (nSPS) is 16.7. The van der Waals surface area contributed by atoms with Crippen LogP contribution in [0.25, 0.3) is 0 Å². The first-order valence-corrected chi connectivity index (χ1v) is 7.91. The van der Waals surface area contributed by atoms with E-state index in [-0.39, 0.29) is 18.4 Å². The predicted molar refractivity (Wildman–Crippen MR) is 87.7 cm³/mol. The molecular weight excluding hydrogens is 296 g/mol. The third-order valence-electron chi connectivity index (χ3n) is 3.74. The van der Waals surface area contributed by atoms with Crippen molar-refractivity contribution in [1.29, 1.82) is 0 Å². The van der Waals surface area contributed by atoms with Crippen LogP contribution in [0.15, 0.2) is 18.2 Å². The molecule has 6 heteroatoms. The Morgan fingerprint density at radius 2 is 2.22 bits per heavy atom. The molecule has 1 aliphatic rings. The second-order valence-corrected chi connectivity index (χ2v) is 5.61. The van der Waals surface area contributed by atoms with E-state index in [1.165, 1.54) is 4.90 Å². The van der Waals surface area contributed by atoms with Crippen LogP contribution in [0.2, 0.25) is 0 Å². The molecule has 1 atom stereocenters. The summed E-state index contributed by atoms with van der Waals surface area (Å²) in [7, 11) is 1.62. The summed E-state index contributed by atoms with van der Waals surface area (Å²) >= 11 is 0. The van der Waals surface area contributed by atoms with E-state index in [0.29, 0.717) is 31.0 Å². The van der Waals surface area contributed by atoms with Gasteiger partial charge in [-0.1, -0.05) is 13.0 Å². The minimum Gasteiger partial charge on any atom is -0.478 e. The van der Waals surface area contributed by atoms with E-state index in [1.807, 2.05) is 32.0 Å². The summed E-state index contributed by atoms with van der Waals surface area (Å²) in [5.74, 6) is 0.297. The minimum absolute atomic E-state index is 0.00211. The summed E-state index contributed by atoms with van der Waals surface area (Å²) in [6, 6.07) is 5.66. The number of methoxy groups -OCH3 is 1. The Bertz CT molecular complexity index is 574. The minimum atomic E-state index is -0.536. The largest absolute Gasteiger partial charge is 0.478 e. The molecule has 1 N–H and O–H groups in total. The van der Waals surface area contributed by atoms with Gasteiger partial charge in [0.2, 0.25) is 5.91 Å². The summed E-state index contributed by atoms with van der Waals surface area (Å²) in [6.07, 6.45) is 0.775. The van der Waals surface area contributed by atoms with Crippen molar-refractivity contribution in [3.63, 3.8) is 0 Å². The van der Waals surface area contributed by atoms with Crippen LogP contribution in [0.3, 0.4) is 0 Å². The van der Waals surface area contributed by atoms with Crippen molar-refractivity contribution in [3.05, 3.63) is 23.8 Å². The number of anilines is 1. The number of fused-ring (bicyclic) bond motifs is 1. The highest BCUT2D eigenvalue weighted by Crippen LogP contribution is 2.35. The molecule has 23 heavy (non-hydrogen) atoms. The summed E-state index contributed by atoms with van der Waals surface area (Å²) in [6.45, 7) is 4.96. The average molecular weight is 320 g/mol. The first-order valence-electron chi connectivity index (χ1n) is 7.91. The van der Waals surface area contributed by atoms with Crippen LogP contribution in [0.5, 0.6) is 5.75 Å². The Hall–Kier alpha value is -2.08. The van der Waals surface area contributed by atoms with E-state index >= 15 is 0 Å². The second kappa shape index (κ2) is 7.97. The molecular formula is C17H24N2O4. The van der Waals surface area contributed by atoms with Crippen molar-refractivity contribution in [2.75, 3.05) is 31.7 Å². The number of nitrogens with one attached hydrogen (secondary N) is 1. The predicted octanol–water partition coefficient (Wildman–Crippen LogP) is 1.65. The number of rotatable bonds is 7. The lowest BCUT2D eigenvalue weighted by Crippen LogP contribution is -2.49. The number of hydrogen-bond donors (Lipinski definition) is 1. The molecule has 1 aromatic rings. The lowest BCUT2D eigenvalue weighted by Gasteiger charge is -2.33. The van der Waals surface area contributed by atoms with Crippen LogP contribution < -0.4 is 15.0 Å². The van der Waals surface area contributed by atoms with Gasteiger partial charge in [-0.2, -0.15) is 0 Å². The first-order chi connectivity index (χ1) is 11.1. The molecule has 0 fully saturated rings. The van der Waals surface area contributed by atoms with Crippen molar-refractivity contribution >= 4 is 17.5 Å². The maximum atomic E-state index is 12.5. The van der Waals surface area contributed by atoms with E-state index in [9.17, 15) is 9.59 Å². The molecule has 0 saturated heterocycles. The Kier molecular flexibility index (Phi) is 5.98. The molecule has 0 unspecified atom stereocenters. The highest BCUT2D eigenvalue weighted by Gasteiger charge is 2.34. The maximum absolute atomic E-state index is 12.5. The van der Waals surface area contributed by atoms with Crippen LogP contribution >= 0.6 is 0 Å².